The molecule has 0 bridgehead atoms. The number of amides is 2. The van der Waals surface area contributed by atoms with Crippen LogP contribution in [-0.2, 0) is 16.1 Å². The molecule has 1 fully saturated rings. The van der Waals surface area contributed by atoms with Crippen LogP contribution in [0, 0.1) is 5.92 Å². The first kappa shape index (κ1) is 14.9. The minimum Gasteiger partial charge on any atom is -0.354 e. The number of hydrogen-bond acceptors (Lipinski definition) is 2. The van der Waals surface area contributed by atoms with Crippen molar-refractivity contribution in [2.75, 3.05) is 6.54 Å². The first-order valence-electron chi connectivity index (χ1n) is 6.79. The third-order valence-corrected chi connectivity index (χ3v) is 3.70. The van der Waals surface area contributed by atoms with Crippen LogP contribution in [0.1, 0.15) is 25.8 Å². The average Bonchev–Trinajstić information content (AvgIpc) is 2.73. The van der Waals surface area contributed by atoms with Crippen LogP contribution in [0.2, 0.25) is 5.02 Å². The molecule has 5 heteroatoms. The fourth-order valence-electron chi connectivity index (χ4n) is 2.34. The number of rotatable bonds is 4. The van der Waals surface area contributed by atoms with E-state index in [0.717, 1.165) is 5.56 Å². The van der Waals surface area contributed by atoms with Crippen LogP contribution in [0.25, 0.3) is 0 Å². The Morgan fingerprint density at radius 2 is 2.15 bits per heavy atom. The summed E-state index contributed by atoms with van der Waals surface area (Å²) in [5.41, 5.74) is 0.910. The predicted octanol–water partition coefficient (Wildman–Crippen LogP) is 2.21. The Balaban J connectivity index is 2.00. The van der Waals surface area contributed by atoms with Gasteiger partial charge in [-0.1, -0.05) is 29.8 Å². The van der Waals surface area contributed by atoms with Gasteiger partial charge in [-0.05, 0) is 25.5 Å². The van der Waals surface area contributed by atoms with Crippen molar-refractivity contribution in [1.29, 1.82) is 0 Å². The van der Waals surface area contributed by atoms with Gasteiger partial charge >= 0.3 is 0 Å². The van der Waals surface area contributed by atoms with Gasteiger partial charge in [0.2, 0.25) is 11.8 Å². The van der Waals surface area contributed by atoms with Gasteiger partial charge in [0.25, 0.3) is 0 Å². The molecule has 1 atom stereocenters. The van der Waals surface area contributed by atoms with Crippen molar-refractivity contribution in [2.45, 2.75) is 32.9 Å². The van der Waals surface area contributed by atoms with Gasteiger partial charge in [0.15, 0.2) is 0 Å². The van der Waals surface area contributed by atoms with E-state index in [1.54, 1.807) is 11.0 Å². The van der Waals surface area contributed by atoms with Gasteiger partial charge in [0.05, 0.1) is 5.92 Å². The maximum Gasteiger partial charge on any atom is 0.225 e. The van der Waals surface area contributed by atoms with E-state index in [4.69, 9.17) is 11.6 Å². The molecule has 0 radical (unpaired) electrons. The molecule has 1 saturated heterocycles. The molecule has 1 aliphatic heterocycles. The van der Waals surface area contributed by atoms with E-state index in [1.165, 1.54) is 0 Å². The second kappa shape index (κ2) is 6.27. The van der Waals surface area contributed by atoms with Crippen molar-refractivity contribution >= 4 is 23.4 Å². The molecule has 1 N–H and O–H groups in total. The number of nitrogens with one attached hydrogen (secondary N) is 1. The van der Waals surface area contributed by atoms with E-state index in [9.17, 15) is 9.59 Å². The Morgan fingerprint density at radius 1 is 1.45 bits per heavy atom. The quantitative estimate of drug-likeness (QED) is 0.925. The third kappa shape index (κ3) is 3.51. The molecule has 20 heavy (non-hydrogen) atoms. The number of benzene rings is 1. The summed E-state index contributed by atoms with van der Waals surface area (Å²) in [5.74, 6) is -0.295. The molecule has 2 amide bonds. The zero-order chi connectivity index (χ0) is 14.7. The van der Waals surface area contributed by atoms with Crippen LogP contribution in [0.3, 0.4) is 0 Å². The van der Waals surface area contributed by atoms with Crippen molar-refractivity contribution in [2.24, 2.45) is 5.92 Å². The monoisotopic (exact) mass is 294 g/mol. The molecule has 0 spiro atoms. The highest BCUT2D eigenvalue weighted by molar-refractivity contribution is 6.31. The normalized spacial score (nSPS) is 18.7. The minimum absolute atomic E-state index is 0.00817. The van der Waals surface area contributed by atoms with Crippen molar-refractivity contribution in [3.8, 4) is 0 Å². The Labute approximate surface area is 124 Å². The maximum atomic E-state index is 12.0. The Morgan fingerprint density at radius 3 is 2.80 bits per heavy atom. The first-order valence-corrected chi connectivity index (χ1v) is 7.16. The smallest absolute Gasteiger partial charge is 0.225 e. The molecule has 0 saturated carbocycles. The molecular weight excluding hydrogens is 276 g/mol. The fraction of sp³-hybridized carbons (Fsp3) is 0.467. The van der Waals surface area contributed by atoms with E-state index < -0.39 is 0 Å². The molecule has 2 rings (SSSR count). The number of hydrogen-bond donors (Lipinski definition) is 1. The fourth-order valence-corrected chi connectivity index (χ4v) is 2.53. The van der Waals surface area contributed by atoms with E-state index in [2.05, 4.69) is 5.32 Å². The molecule has 1 heterocycles. The lowest BCUT2D eigenvalue weighted by molar-refractivity contribution is -0.129. The molecule has 1 aliphatic rings. The summed E-state index contributed by atoms with van der Waals surface area (Å²) in [6.45, 7) is 4.75. The molecule has 108 valence electrons. The second-order valence-electron chi connectivity index (χ2n) is 5.43. The van der Waals surface area contributed by atoms with Gasteiger partial charge in [-0.3, -0.25) is 9.59 Å². The summed E-state index contributed by atoms with van der Waals surface area (Å²) in [5, 5.41) is 3.51. The predicted molar refractivity (Wildman–Crippen MR) is 78.3 cm³/mol. The highest BCUT2D eigenvalue weighted by Crippen LogP contribution is 2.23. The summed E-state index contributed by atoms with van der Waals surface area (Å²) in [7, 11) is 0. The van der Waals surface area contributed by atoms with Crippen LogP contribution in [-0.4, -0.2) is 29.3 Å². The lowest BCUT2D eigenvalue weighted by Crippen LogP contribution is -2.36. The largest absolute Gasteiger partial charge is 0.354 e. The van der Waals surface area contributed by atoms with Crippen LogP contribution in [0.4, 0.5) is 0 Å². The molecule has 0 aromatic heterocycles. The Hall–Kier alpha value is -1.55. The standard InChI is InChI=1S/C15H19ClN2O2/c1-10(2)17-15(20)12-7-14(19)18(9-12)8-11-5-3-4-6-13(11)16/h3-6,10,12H,7-9H2,1-2H3,(H,17,20)/t12-/m0/s1. The van der Waals surface area contributed by atoms with Crippen LogP contribution in [0.15, 0.2) is 24.3 Å². The molecule has 1 aromatic carbocycles. The van der Waals surface area contributed by atoms with Crippen LogP contribution >= 0.6 is 11.6 Å². The summed E-state index contributed by atoms with van der Waals surface area (Å²) >= 11 is 6.10. The lowest BCUT2D eigenvalue weighted by Gasteiger charge is -2.18. The molecular formula is C15H19ClN2O2. The van der Waals surface area contributed by atoms with Gasteiger partial charge in [-0.25, -0.2) is 0 Å². The van der Waals surface area contributed by atoms with Gasteiger partial charge in [0.1, 0.15) is 0 Å². The SMILES string of the molecule is CC(C)NC(=O)[C@H]1CC(=O)N(Cc2ccccc2Cl)C1. The van der Waals surface area contributed by atoms with Crippen molar-refractivity contribution in [3.63, 3.8) is 0 Å². The highest BCUT2D eigenvalue weighted by Gasteiger charge is 2.34. The summed E-state index contributed by atoms with van der Waals surface area (Å²) in [6, 6.07) is 7.55. The van der Waals surface area contributed by atoms with E-state index >= 15 is 0 Å². The lowest BCUT2D eigenvalue weighted by atomic mass is 10.1. The topological polar surface area (TPSA) is 49.4 Å². The average molecular weight is 295 g/mol. The van der Waals surface area contributed by atoms with E-state index in [0.29, 0.717) is 18.1 Å². The van der Waals surface area contributed by atoms with Gasteiger partial charge < -0.3 is 10.2 Å². The van der Waals surface area contributed by atoms with E-state index in [1.807, 2.05) is 32.0 Å². The number of carbonyl (C=O) groups is 2. The number of nitrogens with zero attached hydrogens (tertiary/aromatic N) is 1. The molecule has 0 unspecified atom stereocenters. The van der Waals surface area contributed by atoms with Crippen LogP contribution in [0.5, 0.6) is 0 Å². The Bertz CT molecular complexity index is 516. The minimum atomic E-state index is -0.257. The number of halogens is 1. The Kier molecular flexibility index (Phi) is 4.65. The zero-order valence-corrected chi connectivity index (χ0v) is 12.5. The summed E-state index contributed by atoms with van der Waals surface area (Å²) in [4.78, 5) is 25.6. The maximum absolute atomic E-state index is 12.0. The van der Waals surface area contributed by atoms with Crippen molar-refractivity contribution < 1.29 is 9.59 Å². The highest BCUT2D eigenvalue weighted by atomic mass is 35.5. The van der Waals surface area contributed by atoms with Gasteiger partial charge in [0, 0.05) is 30.6 Å². The summed E-state index contributed by atoms with van der Waals surface area (Å²) in [6.07, 6.45) is 0.281. The van der Waals surface area contributed by atoms with Gasteiger partial charge in [-0.15, -0.1) is 0 Å². The first-order chi connectivity index (χ1) is 9.47. The van der Waals surface area contributed by atoms with Crippen molar-refractivity contribution in [3.05, 3.63) is 34.9 Å². The molecule has 4 nitrogen and oxygen atoms in total. The zero-order valence-electron chi connectivity index (χ0n) is 11.7. The molecule has 1 aromatic rings. The third-order valence-electron chi connectivity index (χ3n) is 3.34. The van der Waals surface area contributed by atoms with E-state index in [-0.39, 0.29) is 30.2 Å². The number of likely N-dealkylation sites (tertiary alicyclic amines) is 1. The van der Waals surface area contributed by atoms with Crippen molar-refractivity contribution in [1.82, 2.24) is 10.2 Å². The second-order valence-corrected chi connectivity index (χ2v) is 5.84. The molecule has 0 aliphatic carbocycles. The number of carbonyl (C=O) groups excluding carboxylic acids is 2. The summed E-state index contributed by atoms with van der Waals surface area (Å²) < 4.78 is 0. The van der Waals surface area contributed by atoms with Crippen LogP contribution < -0.4 is 5.32 Å². The van der Waals surface area contributed by atoms with Gasteiger partial charge in [-0.2, -0.15) is 0 Å².